The number of nitrogens with zero attached hydrogens (tertiary/aromatic N) is 1. The fraction of sp³-hybridized carbons (Fsp3) is 0.320. The standard InChI is InChI=1S/C25H26N2O4/c1-17-22(23(29)26-21-10-8-20(9-11-21)18(2)28)25(31-24(17)30)12-14-27(15-13-25)16-19-6-4-3-5-7-19/h3-11H,12-16H2,1-2H3,(H,26,29). The number of nitrogens with one attached hydrogen (secondary N) is 1. The van der Waals surface area contributed by atoms with E-state index in [1.807, 2.05) is 18.2 Å². The maximum Gasteiger partial charge on any atom is 0.335 e. The Labute approximate surface area is 181 Å². The number of esters is 1. The number of piperidine rings is 1. The molecule has 0 saturated carbocycles. The molecule has 0 atom stereocenters. The Kier molecular flexibility index (Phi) is 5.74. The molecule has 2 aliphatic heterocycles. The van der Waals surface area contributed by atoms with Crippen LogP contribution in [0, 0.1) is 0 Å². The minimum Gasteiger partial charge on any atom is -0.450 e. The fourth-order valence-electron chi connectivity index (χ4n) is 4.37. The molecule has 2 aromatic rings. The van der Waals surface area contributed by atoms with Crippen molar-refractivity contribution in [2.75, 3.05) is 18.4 Å². The lowest BCUT2D eigenvalue weighted by Gasteiger charge is -2.39. The van der Waals surface area contributed by atoms with Crippen LogP contribution in [0.3, 0.4) is 0 Å². The van der Waals surface area contributed by atoms with Gasteiger partial charge in [-0.1, -0.05) is 30.3 Å². The highest BCUT2D eigenvalue weighted by Gasteiger charge is 2.50. The molecule has 1 saturated heterocycles. The molecule has 6 heteroatoms. The molecule has 1 amide bonds. The topological polar surface area (TPSA) is 75.7 Å². The number of ketones is 1. The molecule has 0 aromatic heterocycles. The van der Waals surface area contributed by atoms with Gasteiger partial charge >= 0.3 is 5.97 Å². The van der Waals surface area contributed by atoms with Crippen molar-refractivity contribution in [3.05, 3.63) is 76.9 Å². The summed E-state index contributed by atoms with van der Waals surface area (Å²) in [5, 5.41) is 2.87. The van der Waals surface area contributed by atoms with Crippen molar-refractivity contribution in [2.45, 2.75) is 38.8 Å². The van der Waals surface area contributed by atoms with Gasteiger partial charge in [0.25, 0.3) is 5.91 Å². The second-order valence-corrected chi connectivity index (χ2v) is 8.23. The van der Waals surface area contributed by atoms with Crippen LogP contribution < -0.4 is 5.32 Å². The first-order chi connectivity index (χ1) is 14.9. The van der Waals surface area contributed by atoms with Gasteiger partial charge in [-0.15, -0.1) is 0 Å². The van der Waals surface area contributed by atoms with Crippen LogP contribution in [-0.2, 0) is 20.9 Å². The van der Waals surface area contributed by atoms with Crippen molar-refractivity contribution < 1.29 is 19.1 Å². The molecule has 1 spiro atoms. The quantitative estimate of drug-likeness (QED) is 0.591. The Hall–Kier alpha value is -3.25. The van der Waals surface area contributed by atoms with Crippen LogP contribution in [0.25, 0.3) is 0 Å². The molecule has 0 unspecified atom stereocenters. The number of carbonyl (C=O) groups excluding carboxylic acids is 3. The lowest BCUT2D eigenvalue weighted by atomic mass is 9.82. The Morgan fingerprint density at radius 1 is 1.03 bits per heavy atom. The summed E-state index contributed by atoms with van der Waals surface area (Å²) in [6.45, 7) is 5.45. The third kappa shape index (κ3) is 4.30. The van der Waals surface area contributed by atoms with Crippen LogP contribution in [-0.4, -0.2) is 41.3 Å². The zero-order chi connectivity index (χ0) is 22.0. The van der Waals surface area contributed by atoms with Gasteiger partial charge in [0.15, 0.2) is 5.78 Å². The van der Waals surface area contributed by atoms with Crippen LogP contribution in [0.2, 0.25) is 0 Å². The number of hydrogen-bond donors (Lipinski definition) is 1. The smallest absolute Gasteiger partial charge is 0.335 e. The molecule has 31 heavy (non-hydrogen) atoms. The minimum absolute atomic E-state index is 0.0348. The number of hydrogen-bond acceptors (Lipinski definition) is 5. The van der Waals surface area contributed by atoms with Crippen molar-refractivity contribution in [2.24, 2.45) is 0 Å². The Morgan fingerprint density at radius 2 is 1.68 bits per heavy atom. The maximum atomic E-state index is 13.2. The number of ether oxygens (including phenoxy) is 1. The molecule has 0 radical (unpaired) electrons. The summed E-state index contributed by atoms with van der Waals surface area (Å²) in [6.07, 6.45) is 1.16. The first-order valence-electron chi connectivity index (χ1n) is 10.5. The normalized spacial score (nSPS) is 18.2. The summed E-state index contributed by atoms with van der Waals surface area (Å²) in [5.41, 5.74) is 2.31. The summed E-state index contributed by atoms with van der Waals surface area (Å²) in [5.74, 6) is -0.781. The number of carbonyl (C=O) groups is 3. The number of anilines is 1. The molecule has 6 nitrogen and oxygen atoms in total. The number of benzene rings is 2. The van der Waals surface area contributed by atoms with Gasteiger partial charge in [0, 0.05) is 49.3 Å². The van der Waals surface area contributed by atoms with Crippen molar-refractivity contribution >= 4 is 23.3 Å². The molecule has 160 valence electrons. The van der Waals surface area contributed by atoms with Gasteiger partial charge in [-0.25, -0.2) is 4.79 Å². The van der Waals surface area contributed by atoms with Gasteiger partial charge in [0.1, 0.15) is 5.60 Å². The molecular formula is C25H26N2O4. The summed E-state index contributed by atoms with van der Waals surface area (Å²) >= 11 is 0. The minimum atomic E-state index is -0.877. The lowest BCUT2D eigenvalue weighted by molar-refractivity contribution is -0.150. The van der Waals surface area contributed by atoms with Crippen LogP contribution in [0.1, 0.15) is 42.6 Å². The number of rotatable bonds is 5. The molecule has 2 aromatic carbocycles. The Bertz CT molecular complexity index is 1030. The van der Waals surface area contributed by atoms with Crippen molar-refractivity contribution in [3.8, 4) is 0 Å². The second kappa shape index (κ2) is 8.47. The van der Waals surface area contributed by atoms with E-state index in [-0.39, 0.29) is 11.7 Å². The van der Waals surface area contributed by atoms with E-state index in [9.17, 15) is 14.4 Å². The van der Waals surface area contributed by atoms with Gasteiger partial charge in [-0.3, -0.25) is 14.5 Å². The third-order valence-corrected chi connectivity index (χ3v) is 6.11. The zero-order valence-corrected chi connectivity index (χ0v) is 17.8. The number of likely N-dealkylation sites (tertiary alicyclic amines) is 1. The molecule has 2 heterocycles. The first kappa shape index (κ1) is 21.0. The van der Waals surface area contributed by atoms with Gasteiger partial charge in [-0.2, -0.15) is 0 Å². The SMILES string of the molecule is CC(=O)c1ccc(NC(=O)C2=C(C)C(=O)OC23CCN(Cc2ccccc2)CC3)cc1. The monoisotopic (exact) mass is 418 g/mol. The number of amides is 1. The first-order valence-corrected chi connectivity index (χ1v) is 10.5. The average molecular weight is 418 g/mol. The average Bonchev–Trinajstić information content (AvgIpc) is 3.00. The van der Waals surface area contributed by atoms with Crippen molar-refractivity contribution in [1.29, 1.82) is 0 Å². The molecule has 1 N–H and O–H groups in total. The van der Waals surface area contributed by atoms with E-state index in [0.29, 0.717) is 35.2 Å². The van der Waals surface area contributed by atoms with Gasteiger partial charge in [0.2, 0.25) is 0 Å². The Morgan fingerprint density at radius 3 is 2.29 bits per heavy atom. The molecular weight excluding hydrogens is 392 g/mol. The highest BCUT2D eigenvalue weighted by Crippen LogP contribution is 2.41. The van der Waals surface area contributed by atoms with E-state index in [2.05, 4.69) is 22.3 Å². The van der Waals surface area contributed by atoms with Crippen LogP contribution in [0.15, 0.2) is 65.7 Å². The van der Waals surface area contributed by atoms with Gasteiger partial charge < -0.3 is 10.1 Å². The van der Waals surface area contributed by atoms with Crippen LogP contribution >= 0.6 is 0 Å². The third-order valence-electron chi connectivity index (χ3n) is 6.11. The largest absolute Gasteiger partial charge is 0.450 e. The van der Waals surface area contributed by atoms with E-state index in [4.69, 9.17) is 4.74 Å². The molecule has 4 rings (SSSR count). The van der Waals surface area contributed by atoms with Gasteiger partial charge in [0.05, 0.1) is 5.57 Å². The summed E-state index contributed by atoms with van der Waals surface area (Å²) < 4.78 is 5.78. The predicted molar refractivity (Wildman–Crippen MR) is 118 cm³/mol. The highest BCUT2D eigenvalue weighted by molar-refractivity contribution is 6.12. The van der Waals surface area contributed by atoms with Crippen molar-refractivity contribution in [1.82, 2.24) is 4.90 Å². The van der Waals surface area contributed by atoms with E-state index in [0.717, 1.165) is 19.6 Å². The number of Topliss-reactive ketones (excluding diaryl/α,β-unsaturated/α-hetero) is 1. The van der Waals surface area contributed by atoms with E-state index < -0.39 is 11.6 Å². The van der Waals surface area contributed by atoms with Crippen LogP contribution in [0.4, 0.5) is 5.69 Å². The highest BCUT2D eigenvalue weighted by atomic mass is 16.6. The molecule has 0 bridgehead atoms. The second-order valence-electron chi connectivity index (χ2n) is 8.23. The van der Waals surface area contributed by atoms with Gasteiger partial charge in [-0.05, 0) is 43.7 Å². The molecule has 1 fully saturated rings. The van der Waals surface area contributed by atoms with E-state index >= 15 is 0 Å². The van der Waals surface area contributed by atoms with Crippen LogP contribution in [0.5, 0.6) is 0 Å². The van der Waals surface area contributed by atoms with E-state index in [1.165, 1.54) is 12.5 Å². The molecule has 0 aliphatic carbocycles. The predicted octanol–water partition coefficient (Wildman–Crippen LogP) is 3.74. The van der Waals surface area contributed by atoms with E-state index in [1.54, 1.807) is 31.2 Å². The summed E-state index contributed by atoms with van der Waals surface area (Å²) in [7, 11) is 0. The lowest BCUT2D eigenvalue weighted by Crippen LogP contribution is -2.47. The fourth-order valence-corrected chi connectivity index (χ4v) is 4.37. The summed E-state index contributed by atoms with van der Waals surface area (Å²) in [6, 6.07) is 17.0. The Balaban J connectivity index is 1.48. The van der Waals surface area contributed by atoms with Crippen molar-refractivity contribution in [3.63, 3.8) is 0 Å². The zero-order valence-electron chi connectivity index (χ0n) is 17.8. The molecule has 2 aliphatic rings. The summed E-state index contributed by atoms with van der Waals surface area (Å²) in [4.78, 5) is 39.3. The maximum absolute atomic E-state index is 13.2.